The number of nitrogens with zero attached hydrogens (tertiary/aromatic N) is 3. The minimum absolute atomic E-state index is 0.0299. The van der Waals surface area contributed by atoms with Crippen molar-refractivity contribution in [3.8, 4) is 0 Å². The quantitative estimate of drug-likeness (QED) is 0.922. The largest absolute Gasteiger partial charge is 0.323 e. The molecule has 0 unspecified atom stereocenters. The molecule has 5 nitrogen and oxygen atoms in total. The Hall–Kier alpha value is -1.99. The fourth-order valence-electron chi connectivity index (χ4n) is 3.17. The molecule has 3 rings (SSSR count). The van der Waals surface area contributed by atoms with Crippen molar-refractivity contribution in [2.24, 2.45) is 13.0 Å². The van der Waals surface area contributed by atoms with E-state index >= 15 is 0 Å². The Balaban J connectivity index is 1.83. The number of benzene rings is 1. The third kappa shape index (κ3) is 3.27. The van der Waals surface area contributed by atoms with Crippen molar-refractivity contribution in [1.29, 1.82) is 0 Å². The summed E-state index contributed by atoms with van der Waals surface area (Å²) in [5, 5.41) is 7.03. The normalized spacial score (nSPS) is 21.2. The summed E-state index contributed by atoms with van der Waals surface area (Å²) in [6.07, 6.45) is 0. The maximum absolute atomic E-state index is 13.8. The van der Waals surface area contributed by atoms with E-state index in [0.29, 0.717) is 18.2 Å². The average Bonchev–Trinajstić information content (AvgIpc) is 3.04. The number of carbonyl (C=O) groups is 1. The van der Waals surface area contributed by atoms with Crippen LogP contribution < -0.4 is 5.32 Å². The van der Waals surface area contributed by atoms with Gasteiger partial charge in [0, 0.05) is 37.8 Å². The number of likely N-dealkylation sites (tertiary alicyclic amines) is 1. The van der Waals surface area contributed by atoms with Gasteiger partial charge in [-0.2, -0.15) is 5.10 Å². The number of nitrogens with one attached hydrogen (secondary N) is 1. The van der Waals surface area contributed by atoms with E-state index in [1.165, 1.54) is 6.07 Å². The minimum Gasteiger partial charge on any atom is -0.323 e. The van der Waals surface area contributed by atoms with Gasteiger partial charge in [0.2, 0.25) is 5.91 Å². The lowest BCUT2D eigenvalue weighted by atomic mass is 9.92. The summed E-state index contributed by atoms with van der Waals surface area (Å²) < 4.78 is 28.4. The van der Waals surface area contributed by atoms with Gasteiger partial charge >= 0.3 is 0 Å². The Bertz CT molecular complexity index is 779. The summed E-state index contributed by atoms with van der Waals surface area (Å²) in [5.41, 5.74) is 0.821. The molecule has 1 aromatic heterocycles. The van der Waals surface area contributed by atoms with Gasteiger partial charge in [-0.3, -0.25) is 9.48 Å². The van der Waals surface area contributed by atoms with E-state index in [9.17, 15) is 13.6 Å². The zero-order valence-corrected chi connectivity index (χ0v) is 14.0. The van der Waals surface area contributed by atoms with Crippen molar-refractivity contribution in [1.82, 2.24) is 14.7 Å². The van der Waals surface area contributed by atoms with E-state index in [0.717, 1.165) is 17.8 Å². The number of halogens is 3. The van der Waals surface area contributed by atoms with Crippen LogP contribution in [-0.4, -0.2) is 40.7 Å². The first-order valence-electron chi connectivity index (χ1n) is 7.49. The first-order valence-corrected chi connectivity index (χ1v) is 7.87. The summed E-state index contributed by atoms with van der Waals surface area (Å²) in [7, 11) is 3.69. The van der Waals surface area contributed by atoms with Gasteiger partial charge in [-0.25, -0.2) is 8.78 Å². The van der Waals surface area contributed by atoms with Crippen LogP contribution in [0.5, 0.6) is 0 Å². The second kappa shape index (κ2) is 6.49. The summed E-state index contributed by atoms with van der Waals surface area (Å²) in [6, 6.07) is 4.81. The molecule has 1 aliphatic heterocycles. The van der Waals surface area contributed by atoms with Crippen LogP contribution >= 0.6 is 11.6 Å². The molecule has 1 saturated heterocycles. The van der Waals surface area contributed by atoms with Gasteiger partial charge in [0.25, 0.3) is 0 Å². The fraction of sp³-hybridized carbons (Fsp3) is 0.375. The maximum atomic E-state index is 13.8. The Morgan fingerprint density at radius 1 is 1.29 bits per heavy atom. The molecule has 2 atom stereocenters. The lowest BCUT2D eigenvalue weighted by Crippen LogP contribution is -2.29. The summed E-state index contributed by atoms with van der Waals surface area (Å²) in [4.78, 5) is 14.7. The number of likely N-dealkylation sites (N-methyl/N-ethyl adjacent to an activating group) is 1. The topological polar surface area (TPSA) is 50.2 Å². The van der Waals surface area contributed by atoms with E-state index in [1.807, 2.05) is 11.9 Å². The molecule has 2 aromatic rings. The Kier molecular flexibility index (Phi) is 4.56. The van der Waals surface area contributed by atoms with Crippen LogP contribution in [0.15, 0.2) is 24.3 Å². The summed E-state index contributed by atoms with van der Waals surface area (Å²) in [5.74, 6) is -2.29. The predicted octanol–water partition coefficient (Wildman–Crippen LogP) is 2.64. The molecule has 1 aromatic carbocycles. The smallest absolute Gasteiger partial charge is 0.229 e. The summed E-state index contributed by atoms with van der Waals surface area (Å²) in [6.45, 7) is 1.20. The molecule has 0 spiro atoms. The van der Waals surface area contributed by atoms with E-state index in [1.54, 1.807) is 17.8 Å². The minimum atomic E-state index is -0.796. The number of hydrogen-bond donors (Lipinski definition) is 1. The van der Waals surface area contributed by atoms with Gasteiger partial charge in [0.1, 0.15) is 11.6 Å². The van der Waals surface area contributed by atoms with Gasteiger partial charge < -0.3 is 10.2 Å². The van der Waals surface area contributed by atoms with Crippen molar-refractivity contribution in [3.05, 3.63) is 46.7 Å². The lowest BCUT2D eigenvalue weighted by Gasteiger charge is -2.18. The highest BCUT2D eigenvalue weighted by molar-refractivity contribution is 6.29. The zero-order chi connectivity index (χ0) is 17.4. The fourth-order valence-corrected chi connectivity index (χ4v) is 3.40. The Morgan fingerprint density at radius 3 is 2.67 bits per heavy atom. The van der Waals surface area contributed by atoms with Crippen LogP contribution in [0, 0.1) is 17.6 Å². The van der Waals surface area contributed by atoms with E-state index in [-0.39, 0.29) is 23.4 Å². The molecule has 1 fully saturated rings. The Morgan fingerprint density at radius 2 is 2.04 bits per heavy atom. The molecule has 2 heterocycles. The van der Waals surface area contributed by atoms with Gasteiger partial charge in [-0.05, 0) is 25.2 Å². The van der Waals surface area contributed by atoms with E-state index < -0.39 is 11.6 Å². The molecule has 8 heteroatoms. The van der Waals surface area contributed by atoms with Crippen molar-refractivity contribution in [3.63, 3.8) is 0 Å². The van der Waals surface area contributed by atoms with Gasteiger partial charge in [0.15, 0.2) is 5.15 Å². The zero-order valence-electron chi connectivity index (χ0n) is 13.3. The SMILES string of the molecule is CN1C[C@H](C(=O)Nc2ccc(F)cc2F)[C@@H](c2cc(Cl)nn2C)C1. The molecule has 128 valence electrons. The van der Waals surface area contributed by atoms with Gasteiger partial charge in [-0.15, -0.1) is 0 Å². The first-order chi connectivity index (χ1) is 11.3. The van der Waals surface area contributed by atoms with E-state index in [4.69, 9.17) is 11.6 Å². The molecule has 0 saturated carbocycles. The highest BCUT2D eigenvalue weighted by atomic mass is 35.5. The molecule has 24 heavy (non-hydrogen) atoms. The van der Waals surface area contributed by atoms with E-state index in [2.05, 4.69) is 10.4 Å². The second-order valence-corrected chi connectivity index (χ2v) is 6.45. The van der Waals surface area contributed by atoms with Crippen molar-refractivity contribution in [2.45, 2.75) is 5.92 Å². The first kappa shape index (κ1) is 16.9. The number of amides is 1. The third-order valence-electron chi connectivity index (χ3n) is 4.29. The van der Waals surface area contributed by atoms with Crippen molar-refractivity contribution in [2.75, 3.05) is 25.5 Å². The van der Waals surface area contributed by atoms with Crippen LogP contribution in [0.2, 0.25) is 5.15 Å². The van der Waals surface area contributed by atoms with Crippen LogP contribution in [0.3, 0.4) is 0 Å². The number of hydrogen-bond acceptors (Lipinski definition) is 3. The van der Waals surface area contributed by atoms with Crippen molar-refractivity contribution >= 4 is 23.2 Å². The number of rotatable bonds is 3. The van der Waals surface area contributed by atoms with Crippen LogP contribution in [0.4, 0.5) is 14.5 Å². The molecule has 1 N–H and O–H groups in total. The molecule has 0 radical (unpaired) electrons. The van der Waals surface area contributed by atoms with Crippen LogP contribution in [0.25, 0.3) is 0 Å². The molecule has 1 amide bonds. The number of aryl methyl sites for hydroxylation is 1. The summed E-state index contributed by atoms with van der Waals surface area (Å²) >= 11 is 5.94. The number of anilines is 1. The third-order valence-corrected chi connectivity index (χ3v) is 4.48. The second-order valence-electron chi connectivity index (χ2n) is 6.06. The average molecular weight is 355 g/mol. The van der Waals surface area contributed by atoms with Crippen LogP contribution in [0.1, 0.15) is 11.6 Å². The highest BCUT2D eigenvalue weighted by Gasteiger charge is 2.39. The predicted molar refractivity (Wildman–Crippen MR) is 86.9 cm³/mol. The molecule has 1 aliphatic rings. The lowest BCUT2D eigenvalue weighted by molar-refractivity contribution is -0.119. The Labute approximate surface area is 143 Å². The monoisotopic (exact) mass is 354 g/mol. The maximum Gasteiger partial charge on any atom is 0.229 e. The van der Waals surface area contributed by atoms with Crippen LogP contribution in [-0.2, 0) is 11.8 Å². The molecular weight excluding hydrogens is 338 g/mol. The highest BCUT2D eigenvalue weighted by Crippen LogP contribution is 2.33. The molecule has 0 bridgehead atoms. The molecular formula is C16H17ClF2N4O. The number of carbonyl (C=O) groups excluding carboxylic acids is 1. The van der Waals surface area contributed by atoms with Crippen molar-refractivity contribution < 1.29 is 13.6 Å². The molecule has 0 aliphatic carbocycles. The van der Waals surface area contributed by atoms with Gasteiger partial charge in [-0.1, -0.05) is 11.6 Å². The van der Waals surface area contributed by atoms with Gasteiger partial charge in [0.05, 0.1) is 11.6 Å². The number of aromatic nitrogens is 2. The standard InChI is InChI=1S/C16H17ClF2N4O/c1-22-7-10(14-6-15(17)21-23(14)2)11(8-22)16(24)20-13-4-3-9(18)5-12(13)19/h3-6,10-11H,7-8H2,1-2H3,(H,20,24)/t10-,11-/m0/s1.